The van der Waals surface area contributed by atoms with E-state index in [9.17, 15) is 8.42 Å². The average Bonchev–Trinajstić information content (AvgIpc) is 2.67. The molecule has 0 bridgehead atoms. The van der Waals surface area contributed by atoms with E-state index in [0.29, 0.717) is 11.3 Å². The molecular formula is C21H30N2O2S. The smallest absolute Gasteiger partial charge is 0.180 e. The van der Waals surface area contributed by atoms with E-state index in [-0.39, 0.29) is 0 Å². The van der Waals surface area contributed by atoms with E-state index >= 15 is 0 Å². The monoisotopic (exact) mass is 374 g/mol. The van der Waals surface area contributed by atoms with Crippen LogP contribution in [0.3, 0.4) is 0 Å². The van der Waals surface area contributed by atoms with Crippen molar-refractivity contribution < 1.29 is 8.42 Å². The van der Waals surface area contributed by atoms with Gasteiger partial charge in [-0.3, -0.25) is 0 Å². The van der Waals surface area contributed by atoms with Gasteiger partial charge in [-0.1, -0.05) is 42.5 Å². The number of hydrogen-bond acceptors (Lipinski definition) is 4. The Morgan fingerprint density at radius 1 is 0.923 bits per heavy atom. The molecule has 2 aromatic carbocycles. The van der Waals surface area contributed by atoms with E-state index in [2.05, 4.69) is 10.6 Å². The maximum atomic E-state index is 12.8. The third-order valence-corrected chi connectivity index (χ3v) is 6.80. The first kappa shape index (κ1) is 20.6. The predicted molar refractivity (Wildman–Crippen MR) is 108 cm³/mol. The van der Waals surface area contributed by atoms with Gasteiger partial charge in [0, 0.05) is 6.54 Å². The van der Waals surface area contributed by atoms with Gasteiger partial charge in [0.1, 0.15) is 0 Å². The van der Waals surface area contributed by atoms with Crippen LogP contribution in [-0.4, -0.2) is 33.8 Å². The normalized spacial score (nSPS) is 12.8. The molecule has 0 aliphatic rings. The van der Waals surface area contributed by atoms with Crippen molar-refractivity contribution in [3.63, 3.8) is 0 Å². The first-order valence-electron chi connectivity index (χ1n) is 9.26. The summed E-state index contributed by atoms with van der Waals surface area (Å²) in [6.07, 6.45) is 2.47. The second kappa shape index (κ2) is 10.5. The summed E-state index contributed by atoms with van der Waals surface area (Å²) in [5.41, 5.74) is 2.28. The van der Waals surface area contributed by atoms with Crippen molar-refractivity contribution in [3.05, 3.63) is 65.7 Å². The SMILES string of the molecule is CNCCCNCc1ccc(S(=O)(=O)C(C)CCc2ccccc2)cc1. The summed E-state index contributed by atoms with van der Waals surface area (Å²) < 4.78 is 25.5. The van der Waals surface area contributed by atoms with Crippen LogP contribution >= 0.6 is 0 Å². The first-order valence-corrected chi connectivity index (χ1v) is 10.8. The molecule has 2 rings (SSSR count). The van der Waals surface area contributed by atoms with Crippen molar-refractivity contribution in [3.8, 4) is 0 Å². The van der Waals surface area contributed by atoms with E-state index in [1.165, 1.54) is 5.56 Å². The van der Waals surface area contributed by atoms with Gasteiger partial charge in [0.15, 0.2) is 9.84 Å². The zero-order chi connectivity index (χ0) is 18.8. The van der Waals surface area contributed by atoms with Gasteiger partial charge in [0.05, 0.1) is 10.1 Å². The third-order valence-electron chi connectivity index (χ3n) is 4.57. The van der Waals surface area contributed by atoms with Gasteiger partial charge in [-0.25, -0.2) is 8.42 Å². The number of nitrogens with one attached hydrogen (secondary N) is 2. The minimum atomic E-state index is -3.29. The Morgan fingerprint density at radius 3 is 2.27 bits per heavy atom. The molecule has 4 nitrogen and oxygen atoms in total. The highest BCUT2D eigenvalue weighted by molar-refractivity contribution is 7.92. The first-order chi connectivity index (χ1) is 12.5. The molecule has 0 saturated carbocycles. The van der Waals surface area contributed by atoms with Crippen LogP contribution in [-0.2, 0) is 22.8 Å². The van der Waals surface area contributed by atoms with Gasteiger partial charge in [-0.15, -0.1) is 0 Å². The molecule has 142 valence electrons. The van der Waals surface area contributed by atoms with Crippen LogP contribution in [0.25, 0.3) is 0 Å². The fourth-order valence-corrected chi connectivity index (χ4v) is 4.23. The number of sulfone groups is 1. The quantitative estimate of drug-likeness (QED) is 0.593. The molecule has 5 heteroatoms. The van der Waals surface area contributed by atoms with Crippen LogP contribution in [0.1, 0.15) is 30.9 Å². The predicted octanol–water partition coefficient (Wildman–Crippen LogP) is 3.18. The molecule has 0 radical (unpaired) electrons. The molecule has 0 aromatic heterocycles. The zero-order valence-corrected chi connectivity index (χ0v) is 16.6. The molecule has 0 fully saturated rings. The molecule has 0 aliphatic carbocycles. The van der Waals surface area contributed by atoms with Crippen molar-refractivity contribution in [1.82, 2.24) is 10.6 Å². The van der Waals surface area contributed by atoms with Crippen LogP contribution in [0.15, 0.2) is 59.5 Å². The summed E-state index contributed by atoms with van der Waals surface area (Å²) in [5.74, 6) is 0. The van der Waals surface area contributed by atoms with Crippen molar-refractivity contribution >= 4 is 9.84 Å². The Bertz CT molecular complexity index is 743. The minimum Gasteiger partial charge on any atom is -0.320 e. The Balaban J connectivity index is 1.89. The molecule has 0 amide bonds. The lowest BCUT2D eigenvalue weighted by atomic mass is 10.1. The summed E-state index contributed by atoms with van der Waals surface area (Å²) in [4.78, 5) is 0.414. The van der Waals surface area contributed by atoms with E-state index in [4.69, 9.17) is 0 Å². The maximum absolute atomic E-state index is 12.8. The Kier molecular flexibility index (Phi) is 8.29. The van der Waals surface area contributed by atoms with Crippen molar-refractivity contribution in [2.75, 3.05) is 20.1 Å². The number of hydrogen-bond donors (Lipinski definition) is 2. The number of rotatable bonds is 11. The summed E-state index contributed by atoms with van der Waals surface area (Å²) in [6.45, 7) is 4.49. The van der Waals surface area contributed by atoms with Crippen molar-refractivity contribution in [2.24, 2.45) is 0 Å². The van der Waals surface area contributed by atoms with Crippen LogP contribution in [0, 0.1) is 0 Å². The molecule has 2 aromatic rings. The zero-order valence-electron chi connectivity index (χ0n) is 15.7. The highest BCUT2D eigenvalue weighted by Gasteiger charge is 2.22. The molecule has 0 aliphatic heterocycles. The Morgan fingerprint density at radius 2 is 1.62 bits per heavy atom. The van der Waals surface area contributed by atoms with Crippen LogP contribution in [0.4, 0.5) is 0 Å². The minimum absolute atomic E-state index is 0.395. The Labute approximate surface area is 157 Å². The summed E-state index contributed by atoms with van der Waals surface area (Å²) in [5, 5.41) is 6.09. The fraction of sp³-hybridized carbons (Fsp3) is 0.429. The lowest BCUT2D eigenvalue weighted by molar-refractivity contribution is 0.577. The topological polar surface area (TPSA) is 58.2 Å². The molecule has 1 atom stereocenters. The van der Waals surface area contributed by atoms with E-state index in [1.807, 2.05) is 49.5 Å². The summed E-state index contributed by atoms with van der Waals surface area (Å²) in [6, 6.07) is 17.3. The van der Waals surface area contributed by atoms with Crippen LogP contribution in [0.2, 0.25) is 0 Å². The van der Waals surface area contributed by atoms with Gasteiger partial charge < -0.3 is 10.6 Å². The molecule has 26 heavy (non-hydrogen) atoms. The second-order valence-corrected chi connectivity index (χ2v) is 9.02. The maximum Gasteiger partial charge on any atom is 0.180 e. The standard InChI is InChI=1S/C21H30N2O2S/c1-18(9-10-19-7-4-3-5-8-19)26(24,25)21-13-11-20(12-14-21)17-23-16-6-15-22-2/h3-5,7-8,11-14,18,22-23H,6,9-10,15-17H2,1-2H3. The number of benzene rings is 2. The van der Waals surface area contributed by atoms with Crippen LogP contribution in [0.5, 0.6) is 0 Å². The molecule has 1 unspecified atom stereocenters. The molecule has 0 spiro atoms. The largest absolute Gasteiger partial charge is 0.320 e. The van der Waals surface area contributed by atoms with E-state index in [1.54, 1.807) is 19.1 Å². The van der Waals surface area contributed by atoms with Crippen LogP contribution < -0.4 is 10.6 Å². The van der Waals surface area contributed by atoms with Crippen molar-refractivity contribution in [2.45, 2.75) is 42.9 Å². The molecule has 0 saturated heterocycles. The van der Waals surface area contributed by atoms with E-state index < -0.39 is 15.1 Å². The van der Waals surface area contributed by atoms with Gasteiger partial charge in [-0.05, 0) is 69.6 Å². The highest BCUT2D eigenvalue weighted by atomic mass is 32.2. The Hall–Kier alpha value is -1.69. The molecule has 2 N–H and O–H groups in total. The summed E-state index contributed by atoms with van der Waals surface area (Å²) >= 11 is 0. The fourth-order valence-electron chi connectivity index (χ4n) is 2.82. The van der Waals surface area contributed by atoms with Gasteiger partial charge in [-0.2, -0.15) is 0 Å². The third kappa shape index (κ3) is 6.24. The lowest BCUT2D eigenvalue weighted by Gasteiger charge is -2.14. The second-order valence-electron chi connectivity index (χ2n) is 6.66. The lowest BCUT2D eigenvalue weighted by Crippen LogP contribution is -2.20. The van der Waals surface area contributed by atoms with Gasteiger partial charge in [0.25, 0.3) is 0 Å². The van der Waals surface area contributed by atoms with Crippen molar-refractivity contribution in [1.29, 1.82) is 0 Å². The molecule has 0 heterocycles. The summed E-state index contributed by atoms with van der Waals surface area (Å²) in [7, 11) is -1.34. The number of aryl methyl sites for hydroxylation is 1. The average molecular weight is 375 g/mol. The van der Waals surface area contributed by atoms with Gasteiger partial charge >= 0.3 is 0 Å². The van der Waals surface area contributed by atoms with E-state index in [0.717, 1.165) is 38.0 Å². The van der Waals surface area contributed by atoms with Gasteiger partial charge in [0.2, 0.25) is 0 Å². The molecular weight excluding hydrogens is 344 g/mol. The highest BCUT2D eigenvalue weighted by Crippen LogP contribution is 2.20.